The maximum atomic E-state index is 12.4. The van der Waals surface area contributed by atoms with Gasteiger partial charge in [0.15, 0.2) is 0 Å². The largest absolute Gasteiger partial charge is 0.480 e. The van der Waals surface area contributed by atoms with Crippen molar-refractivity contribution in [1.29, 1.82) is 0 Å². The number of hydrogen-bond acceptors (Lipinski definition) is 3. The first-order chi connectivity index (χ1) is 9.58. The topological polar surface area (TPSA) is 60.9 Å². The fraction of sp³-hybridized carbons (Fsp3) is 0.733. The van der Waals surface area contributed by atoms with Crippen LogP contribution in [0.1, 0.15) is 46.0 Å². The third kappa shape index (κ3) is 5.33. The SMILES string of the molecule is CCCN(CC(=O)O)CC(=O)N(CC)C1=CCCCC1. The molecule has 0 spiro atoms. The molecule has 1 aliphatic carbocycles. The smallest absolute Gasteiger partial charge is 0.317 e. The van der Waals surface area contributed by atoms with Gasteiger partial charge in [0.05, 0.1) is 13.1 Å². The Hall–Kier alpha value is -1.36. The minimum Gasteiger partial charge on any atom is -0.480 e. The summed E-state index contributed by atoms with van der Waals surface area (Å²) in [4.78, 5) is 26.7. The molecule has 0 bridgehead atoms. The van der Waals surface area contributed by atoms with Gasteiger partial charge in [0, 0.05) is 12.2 Å². The van der Waals surface area contributed by atoms with Crippen molar-refractivity contribution >= 4 is 11.9 Å². The first-order valence-corrected chi connectivity index (χ1v) is 7.52. The van der Waals surface area contributed by atoms with Crippen LogP contribution in [0.15, 0.2) is 11.8 Å². The fourth-order valence-corrected chi connectivity index (χ4v) is 2.60. The number of amides is 1. The van der Waals surface area contributed by atoms with Crippen molar-refractivity contribution in [3.05, 3.63) is 11.8 Å². The lowest BCUT2D eigenvalue weighted by Crippen LogP contribution is -2.42. The molecule has 0 unspecified atom stereocenters. The Morgan fingerprint density at radius 3 is 2.50 bits per heavy atom. The molecular formula is C15H26N2O3. The summed E-state index contributed by atoms with van der Waals surface area (Å²) in [5, 5.41) is 8.89. The highest BCUT2D eigenvalue weighted by atomic mass is 16.4. The van der Waals surface area contributed by atoms with Crippen LogP contribution in [0.2, 0.25) is 0 Å². The van der Waals surface area contributed by atoms with Gasteiger partial charge in [0.25, 0.3) is 0 Å². The van der Waals surface area contributed by atoms with Gasteiger partial charge in [-0.05, 0) is 45.6 Å². The van der Waals surface area contributed by atoms with Gasteiger partial charge in [-0.15, -0.1) is 0 Å². The number of carboxylic acid groups (broad SMARTS) is 1. The van der Waals surface area contributed by atoms with Crippen molar-refractivity contribution in [2.45, 2.75) is 46.0 Å². The van der Waals surface area contributed by atoms with Crippen LogP contribution in [-0.2, 0) is 9.59 Å². The molecule has 1 aliphatic rings. The van der Waals surface area contributed by atoms with Crippen LogP contribution in [0.4, 0.5) is 0 Å². The number of carbonyl (C=O) groups is 2. The lowest BCUT2D eigenvalue weighted by Gasteiger charge is -2.29. The molecule has 0 radical (unpaired) electrons. The van der Waals surface area contributed by atoms with Gasteiger partial charge in [0.2, 0.25) is 5.91 Å². The second kappa shape index (κ2) is 8.74. The summed E-state index contributed by atoms with van der Waals surface area (Å²) in [6, 6.07) is 0. The zero-order valence-electron chi connectivity index (χ0n) is 12.6. The standard InChI is InChI=1S/C15H26N2O3/c1-3-10-16(12-15(19)20)11-14(18)17(4-2)13-8-6-5-7-9-13/h8H,3-7,9-12H2,1-2H3,(H,19,20). The molecule has 5 heteroatoms. The van der Waals surface area contributed by atoms with E-state index in [2.05, 4.69) is 6.08 Å². The molecule has 5 nitrogen and oxygen atoms in total. The van der Waals surface area contributed by atoms with Crippen LogP contribution in [0, 0.1) is 0 Å². The van der Waals surface area contributed by atoms with Crippen LogP contribution in [0.3, 0.4) is 0 Å². The van der Waals surface area contributed by atoms with Crippen LogP contribution in [0.5, 0.6) is 0 Å². The van der Waals surface area contributed by atoms with Gasteiger partial charge >= 0.3 is 5.97 Å². The van der Waals surface area contributed by atoms with Gasteiger partial charge in [-0.25, -0.2) is 0 Å². The molecule has 0 aromatic carbocycles. The molecule has 0 saturated carbocycles. The second-order valence-electron chi connectivity index (χ2n) is 5.18. The zero-order valence-corrected chi connectivity index (χ0v) is 12.6. The number of carboxylic acids is 1. The molecule has 1 amide bonds. The van der Waals surface area contributed by atoms with E-state index in [1.807, 2.05) is 18.7 Å². The highest BCUT2D eigenvalue weighted by molar-refractivity contribution is 5.80. The predicted molar refractivity (Wildman–Crippen MR) is 78.3 cm³/mol. The number of aliphatic carboxylic acids is 1. The molecule has 0 saturated heterocycles. The molecule has 0 aromatic rings. The Morgan fingerprint density at radius 1 is 1.25 bits per heavy atom. The Balaban J connectivity index is 2.64. The third-order valence-corrected chi connectivity index (χ3v) is 3.49. The van der Waals surface area contributed by atoms with E-state index < -0.39 is 5.97 Å². The minimum absolute atomic E-state index is 0.00958. The molecule has 0 aromatic heterocycles. The maximum absolute atomic E-state index is 12.4. The van der Waals surface area contributed by atoms with Gasteiger partial charge in [-0.3, -0.25) is 14.5 Å². The van der Waals surface area contributed by atoms with Crippen LogP contribution < -0.4 is 0 Å². The normalized spacial score (nSPS) is 15.1. The lowest BCUT2D eigenvalue weighted by molar-refractivity contribution is -0.139. The van der Waals surface area contributed by atoms with E-state index in [9.17, 15) is 9.59 Å². The maximum Gasteiger partial charge on any atom is 0.317 e. The first-order valence-electron chi connectivity index (χ1n) is 7.52. The summed E-state index contributed by atoms with van der Waals surface area (Å²) in [7, 11) is 0. The molecule has 114 valence electrons. The van der Waals surface area contributed by atoms with Crippen molar-refractivity contribution in [2.24, 2.45) is 0 Å². The summed E-state index contributed by atoms with van der Waals surface area (Å²) in [5.74, 6) is -0.874. The van der Waals surface area contributed by atoms with E-state index >= 15 is 0 Å². The second-order valence-corrected chi connectivity index (χ2v) is 5.18. The highest BCUT2D eigenvalue weighted by Crippen LogP contribution is 2.21. The van der Waals surface area contributed by atoms with Crippen molar-refractivity contribution in [2.75, 3.05) is 26.2 Å². The molecular weight excluding hydrogens is 256 g/mol. The molecule has 1 rings (SSSR count). The van der Waals surface area contributed by atoms with Crippen molar-refractivity contribution < 1.29 is 14.7 Å². The summed E-state index contributed by atoms with van der Waals surface area (Å²) in [6.45, 7) is 5.35. The monoisotopic (exact) mass is 282 g/mol. The number of carbonyl (C=O) groups excluding carboxylic acids is 1. The number of allylic oxidation sites excluding steroid dienone is 2. The van der Waals surface area contributed by atoms with Crippen LogP contribution in [0.25, 0.3) is 0 Å². The van der Waals surface area contributed by atoms with Gasteiger partial charge < -0.3 is 10.0 Å². The Bertz CT molecular complexity index is 366. The van der Waals surface area contributed by atoms with Crippen LogP contribution >= 0.6 is 0 Å². The van der Waals surface area contributed by atoms with E-state index in [1.54, 1.807) is 4.90 Å². The summed E-state index contributed by atoms with van der Waals surface area (Å²) >= 11 is 0. The van der Waals surface area contributed by atoms with E-state index in [0.29, 0.717) is 13.1 Å². The molecule has 0 atom stereocenters. The number of rotatable bonds is 8. The molecule has 20 heavy (non-hydrogen) atoms. The Morgan fingerprint density at radius 2 is 2.00 bits per heavy atom. The number of likely N-dealkylation sites (N-methyl/N-ethyl adjacent to an activating group) is 1. The summed E-state index contributed by atoms with van der Waals surface area (Å²) < 4.78 is 0. The molecule has 0 aliphatic heterocycles. The van der Waals surface area contributed by atoms with Crippen molar-refractivity contribution in [3.63, 3.8) is 0 Å². The average molecular weight is 282 g/mol. The minimum atomic E-state index is -0.883. The highest BCUT2D eigenvalue weighted by Gasteiger charge is 2.21. The van der Waals surface area contributed by atoms with E-state index in [0.717, 1.165) is 31.4 Å². The van der Waals surface area contributed by atoms with E-state index in [4.69, 9.17) is 5.11 Å². The van der Waals surface area contributed by atoms with Crippen LogP contribution in [-0.4, -0.2) is 53.0 Å². The molecule has 1 N–H and O–H groups in total. The van der Waals surface area contributed by atoms with Gasteiger partial charge in [0.1, 0.15) is 0 Å². The van der Waals surface area contributed by atoms with E-state index in [-0.39, 0.29) is 19.0 Å². The fourth-order valence-electron chi connectivity index (χ4n) is 2.60. The van der Waals surface area contributed by atoms with Crippen molar-refractivity contribution in [3.8, 4) is 0 Å². The summed E-state index contributed by atoms with van der Waals surface area (Å²) in [6.07, 6.45) is 7.29. The Kier molecular flexibility index (Phi) is 7.30. The molecule has 0 fully saturated rings. The third-order valence-electron chi connectivity index (χ3n) is 3.49. The van der Waals surface area contributed by atoms with Crippen molar-refractivity contribution in [1.82, 2.24) is 9.80 Å². The van der Waals surface area contributed by atoms with Gasteiger partial charge in [-0.2, -0.15) is 0 Å². The first kappa shape index (κ1) is 16.7. The average Bonchev–Trinajstić information content (AvgIpc) is 2.40. The number of hydrogen-bond donors (Lipinski definition) is 1. The Labute approximate surface area is 121 Å². The zero-order chi connectivity index (χ0) is 15.0. The lowest BCUT2D eigenvalue weighted by atomic mass is 10.0. The quantitative estimate of drug-likeness (QED) is 0.740. The molecule has 0 heterocycles. The predicted octanol–water partition coefficient (Wildman–Crippen LogP) is 2.09. The van der Waals surface area contributed by atoms with Gasteiger partial charge in [-0.1, -0.05) is 13.0 Å². The van der Waals surface area contributed by atoms with E-state index in [1.165, 1.54) is 6.42 Å². The number of nitrogens with zero attached hydrogens (tertiary/aromatic N) is 2. The summed E-state index contributed by atoms with van der Waals surface area (Å²) in [5.41, 5.74) is 1.11.